The lowest BCUT2D eigenvalue weighted by Gasteiger charge is -2.23. The Morgan fingerprint density at radius 1 is 1.64 bits per heavy atom. The van der Waals surface area contributed by atoms with Gasteiger partial charge in [-0.2, -0.15) is 0 Å². The molecule has 0 aliphatic carbocycles. The third-order valence-electron chi connectivity index (χ3n) is 2.39. The van der Waals surface area contributed by atoms with Crippen LogP contribution in [-0.2, 0) is 0 Å². The van der Waals surface area contributed by atoms with Crippen molar-refractivity contribution in [1.29, 1.82) is 5.41 Å². The highest BCUT2D eigenvalue weighted by atomic mass is 15.2. The lowest BCUT2D eigenvalue weighted by molar-refractivity contribution is 0.402. The highest BCUT2D eigenvalue weighted by Crippen LogP contribution is 2.17. The van der Waals surface area contributed by atoms with Gasteiger partial charge in [-0.1, -0.05) is 6.92 Å². The first-order chi connectivity index (χ1) is 5.25. The number of hydrogen-bond donors (Lipinski definition) is 1. The van der Waals surface area contributed by atoms with Crippen molar-refractivity contribution in [1.82, 2.24) is 4.90 Å². The third-order valence-corrected chi connectivity index (χ3v) is 2.39. The summed E-state index contributed by atoms with van der Waals surface area (Å²) in [4.78, 5) is 2.24. The van der Waals surface area contributed by atoms with E-state index >= 15 is 0 Å². The van der Waals surface area contributed by atoms with Crippen molar-refractivity contribution in [3.8, 4) is 0 Å². The van der Waals surface area contributed by atoms with E-state index in [9.17, 15) is 0 Å². The van der Waals surface area contributed by atoms with Crippen LogP contribution in [0, 0.1) is 5.41 Å². The second kappa shape index (κ2) is 3.74. The molecule has 0 bridgehead atoms. The predicted octanol–water partition coefficient (Wildman–Crippen LogP) is 2.25. The average Bonchev–Trinajstić information content (AvgIpc) is 2.36. The molecule has 0 amide bonds. The van der Waals surface area contributed by atoms with Crippen LogP contribution in [0.4, 0.5) is 0 Å². The molecule has 1 saturated heterocycles. The fraction of sp³-hybridized carbons (Fsp3) is 0.889. The standard InChI is InChI=1S/C9H18N2/c1-3-5-9(10)11-7-4-6-8(11)2/h8,10H,3-7H2,1-2H3. The second-order valence-corrected chi connectivity index (χ2v) is 3.38. The van der Waals surface area contributed by atoms with Gasteiger partial charge in [0, 0.05) is 19.0 Å². The minimum atomic E-state index is 0.619. The lowest BCUT2D eigenvalue weighted by atomic mass is 10.2. The van der Waals surface area contributed by atoms with Gasteiger partial charge in [-0.25, -0.2) is 0 Å². The van der Waals surface area contributed by atoms with E-state index in [1.807, 2.05) is 0 Å². The minimum absolute atomic E-state index is 0.619. The maximum atomic E-state index is 7.74. The van der Waals surface area contributed by atoms with E-state index in [2.05, 4.69) is 18.7 Å². The monoisotopic (exact) mass is 154 g/mol. The van der Waals surface area contributed by atoms with E-state index in [1.165, 1.54) is 12.8 Å². The third kappa shape index (κ3) is 1.95. The number of rotatable bonds is 2. The molecule has 0 aromatic heterocycles. The smallest absolute Gasteiger partial charge is 0.0959 e. The Kier molecular flexibility index (Phi) is 2.92. The first-order valence-electron chi connectivity index (χ1n) is 4.59. The van der Waals surface area contributed by atoms with Gasteiger partial charge in [-0.05, 0) is 26.2 Å². The molecule has 1 aliphatic heterocycles. The quantitative estimate of drug-likeness (QED) is 0.479. The van der Waals surface area contributed by atoms with Gasteiger partial charge in [-0.15, -0.1) is 0 Å². The summed E-state index contributed by atoms with van der Waals surface area (Å²) >= 11 is 0. The van der Waals surface area contributed by atoms with Gasteiger partial charge in [0.1, 0.15) is 0 Å². The van der Waals surface area contributed by atoms with Crippen LogP contribution in [0.15, 0.2) is 0 Å². The summed E-state index contributed by atoms with van der Waals surface area (Å²) in [6.07, 6.45) is 4.59. The van der Waals surface area contributed by atoms with Gasteiger partial charge in [0.2, 0.25) is 0 Å². The molecule has 11 heavy (non-hydrogen) atoms. The lowest BCUT2D eigenvalue weighted by Crippen LogP contribution is -2.32. The highest BCUT2D eigenvalue weighted by molar-refractivity contribution is 5.79. The zero-order valence-corrected chi connectivity index (χ0v) is 7.56. The van der Waals surface area contributed by atoms with E-state index in [4.69, 9.17) is 5.41 Å². The van der Waals surface area contributed by atoms with Crippen molar-refractivity contribution >= 4 is 5.84 Å². The van der Waals surface area contributed by atoms with Crippen molar-refractivity contribution in [3.05, 3.63) is 0 Å². The van der Waals surface area contributed by atoms with E-state index in [-0.39, 0.29) is 0 Å². The van der Waals surface area contributed by atoms with Crippen LogP contribution in [0.25, 0.3) is 0 Å². The summed E-state index contributed by atoms with van der Waals surface area (Å²) in [6.45, 7) is 5.46. The first-order valence-corrected chi connectivity index (χ1v) is 4.59. The van der Waals surface area contributed by atoms with Crippen LogP contribution in [0.5, 0.6) is 0 Å². The Morgan fingerprint density at radius 2 is 2.36 bits per heavy atom. The van der Waals surface area contributed by atoms with Crippen LogP contribution in [0.1, 0.15) is 39.5 Å². The Hall–Kier alpha value is -0.530. The van der Waals surface area contributed by atoms with E-state index in [0.717, 1.165) is 25.2 Å². The topological polar surface area (TPSA) is 27.1 Å². The fourth-order valence-electron chi connectivity index (χ4n) is 1.71. The SMILES string of the molecule is CCCC(=N)N1CCCC1C. The summed E-state index contributed by atoms with van der Waals surface area (Å²) in [6, 6.07) is 0.619. The minimum Gasteiger partial charge on any atom is -0.358 e. The van der Waals surface area contributed by atoms with E-state index in [0.29, 0.717) is 6.04 Å². The largest absolute Gasteiger partial charge is 0.358 e. The Labute approximate surface area is 69.1 Å². The molecule has 0 spiro atoms. The van der Waals surface area contributed by atoms with Crippen molar-refractivity contribution in [2.75, 3.05) is 6.54 Å². The maximum absolute atomic E-state index is 7.74. The number of amidine groups is 1. The maximum Gasteiger partial charge on any atom is 0.0959 e. The molecule has 1 N–H and O–H groups in total. The Morgan fingerprint density at radius 3 is 2.82 bits per heavy atom. The van der Waals surface area contributed by atoms with Gasteiger partial charge in [0.05, 0.1) is 5.84 Å². The van der Waals surface area contributed by atoms with Gasteiger partial charge in [0.25, 0.3) is 0 Å². The van der Waals surface area contributed by atoms with E-state index in [1.54, 1.807) is 0 Å². The molecular weight excluding hydrogens is 136 g/mol. The molecule has 1 aliphatic rings. The van der Waals surface area contributed by atoms with Gasteiger partial charge in [-0.3, -0.25) is 5.41 Å². The van der Waals surface area contributed by atoms with Crippen LogP contribution in [0.3, 0.4) is 0 Å². The molecule has 0 aromatic rings. The molecule has 2 nitrogen and oxygen atoms in total. The Balaban J connectivity index is 2.39. The zero-order valence-electron chi connectivity index (χ0n) is 7.56. The number of nitrogens with zero attached hydrogens (tertiary/aromatic N) is 1. The normalized spacial score (nSPS) is 24.2. The molecule has 2 heteroatoms. The fourth-order valence-corrected chi connectivity index (χ4v) is 1.71. The summed E-state index contributed by atoms with van der Waals surface area (Å²) in [5.41, 5.74) is 0. The molecular formula is C9H18N2. The summed E-state index contributed by atoms with van der Waals surface area (Å²) in [5, 5.41) is 7.74. The van der Waals surface area contributed by atoms with Crippen molar-refractivity contribution in [2.24, 2.45) is 0 Å². The van der Waals surface area contributed by atoms with Crippen LogP contribution in [-0.4, -0.2) is 23.3 Å². The van der Waals surface area contributed by atoms with E-state index < -0.39 is 0 Å². The second-order valence-electron chi connectivity index (χ2n) is 3.38. The predicted molar refractivity (Wildman–Crippen MR) is 48.0 cm³/mol. The summed E-state index contributed by atoms with van der Waals surface area (Å²) in [5.74, 6) is 0.845. The number of hydrogen-bond acceptors (Lipinski definition) is 1. The number of likely N-dealkylation sites (tertiary alicyclic amines) is 1. The van der Waals surface area contributed by atoms with Crippen molar-refractivity contribution < 1.29 is 0 Å². The average molecular weight is 154 g/mol. The summed E-state index contributed by atoms with van der Waals surface area (Å²) in [7, 11) is 0. The first kappa shape index (κ1) is 8.57. The Bertz CT molecular complexity index is 142. The summed E-state index contributed by atoms with van der Waals surface area (Å²) < 4.78 is 0. The molecule has 0 saturated carbocycles. The van der Waals surface area contributed by atoms with Crippen LogP contribution in [0.2, 0.25) is 0 Å². The molecule has 1 atom stereocenters. The van der Waals surface area contributed by atoms with Gasteiger partial charge >= 0.3 is 0 Å². The number of nitrogens with one attached hydrogen (secondary N) is 1. The molecule has 1 heterocycles. The molecule has 1 unspecified atom stereocenters. The molecule has 1 fully saturated rings. The van der Waals surface area contributed by atoms with Gasteiger partial charge < -0.3 is 4.90 Å². The van der Waals surface area contributed by atoms with Gasteiger partial charge in [0.15, 0.2) is 0 Å². The zero-order chi connectivity index (χ0) is 8.27. The van der Waals surface area contributed by atoms with Crippen LogP contribution >= 0.6 is 0 Å². The van der Waals surface area contributed by atoms with Crippen molar-refractivity contribution in [3.63, 3.8) is 0 Å². The van der Waals surface area contributed by atoms with Crippen molar-refractivity contribution in [2.45, 2.75) is 45.6 Å². The highest BCUT2D eigenvalue weighted by Gasteiger charge is 2.21. The molecule has 0 radical (unpaired) electrons. The molecule has 1 rings (SSSR count). The van der Waals surface area contributed by atoms with Crippen LogP contribution < -0.4 is 0 Å². The molecule has 0 aromatic carbocycles. The molecule has 64 valence electrons.